The minimum Gasteiger partial charge on any atom is -0.637 e. The fourth-order valence-electron chi connectivity index (χ4n) is 0.376. The Bertz CT molecular complexity index is 122. The van der Waals surface area contributed by atoms with Gasteiger partial charge in [0.25, 0.3) is 5.97 Å². The van der Waals surface area contributed by atoms with E-state index in [4.69, 9.17) is 0 Å². The fourth-order valence-corrected chi connectivity index (χ4v) is 0.376. The summed E-state index contributed by atoms with van der Waals surface area (Å²) in [6.07, 6.45) is -0.135. The van der Waals surface area contributed by atoms with E-state index in [2.05, 4.69) is 4.74 Å². The molecule has 10 heavy (non-hydrogen) atoms. The summed E-state index contributed by atoms with van der Waals surface area (Å²) in [5, 5.41) is 0. The van der Waals surface area contributed by atoms with Crippen LogP contribution >= 0.6 is 0 Å². The van der Waals surface area contributed by atoms with Gasteiger partial charge in [-0.1, -0.05) is 0 Å². The summed E-state index contributed by atoms with van der Waals surface area (Å²) in [6.45, 7) is 4.18. The van der Waals surface area contributed by atoms with Gasteiger partial charge in [-0.25, -0.2) is 0 Å². The normalized spacial score (nSPS) is 7.80. The van der Waals surface area contributed by atoms with E-state index in [-0.39, 0.29) is 41.8 Å². The zero-order valence-corrected chi connectivity index (χ0v) is 8.51. The first kappa shape index (κ1) is 12.8. The largest absolute Gasteiger partial charge is 1.00 e. The second-order valence-electron chi connectivity index (χ2n) is 1.60. The minimum absolute atomic E-state index is 0. The maximum atomic E-state index is 10.4. The zero-order chi connectivity index (χ0) is 7.28. The molecule has 0 rings (SSSR count). The predicted octanol–water partition coefficient (Wildman–Crippen LogP) is -2.31. The van der Waals surface area contributed by atoms with E-state index in [1.54, 1.807) is 6.92 Å². The summed E-state index contributed by atoms with van der Waals surface area (Å²) in [5.74, 6) is -0.674. The number of hydrogen-bond acceptors (Lipinski definition) is 3. The van der Waals surface area contributed by atoms with Crippen molar-refractivity contribution < 1.29 is 43.9 Å². The van der Waals surface area contributed by atoms with Crippen LogP contribution in [0, 0.1) is 6.61 Å². The molecule has 0 aromatic heterocycles. The first-order valence-electron chi connectivity index (χ1n) is 2.63. The van der Waals surface area contributed by atoms with Gasteiger partial charge in [-0.05, 0) is 6.92 Å². The monoisotopic (exact) mass is 152 g/mol. The third-order valence-corrected chi connectivity index (χ3v) is 0.643. The topological polar surface area (TPSA) is 43.4 Å². The van der Waals surface area contributed by atoms with Gasteiger partial charge in [0.05, 0.1) is 0 Å². The summed E-state index contributed by atoms with van der Waals surface area (Å²) in [6, 6.07) is 0. The molecule has 0 bridgehead atoms. The van der Waals surface area contributed by atoms with Crippen molar-refractivity contribution in [3.63, 3.8) is 0 Å². The third kappa shape index (κ3) is 8.14. The molecule has 0 saturated carbocycles. The van der Waals surface area contributed by atoms with Crippen LogP contribution in [0.25, 0.3) is 0 Å². The van der Waals surface area contributed by atoms with Crippen molar-refractivity contribution in [2.45, 2.75) is 20.3 Å². The molecule has 0 aromatic carbocycles. The second-order valence-corrected chi connectivity index (χ2v) is 1.60. The van der Waals surface area contributed by atoms with Crippen LogP contribution in [0.15, 0.2) is 0 Å². The molecule has 0 radical (unpaired) electrons. The molecule has 0 amide bonds. The molecule has 0 aliphatic heterocycles. The fraction of sp³-hybridized carbons (Fsp3) is 0.500. The van der Waals surface area contributed by atoms with Gasteiger partial charge in [0.2, 0.25) is 0 Å². The molecule has 52 valence electrons. The molecule has 0 aromatic rings. The van der Waals surface area contributed by atoms with Crippen molar-refractivity contribution in [3.05, 3.63) is 6.61 Å². The smallest absolute Gasteiger partial charge is 0.637 e. The van der Waals surface area contributed by atoms with Crippen LogP contribution in [0.2, 0.25) is 0 Å². The second kappa shape index (κ2) is 7.25. The molecule has 0 heterocycles. The van der Waals surface area contributed by atoms with Gasteiger partial charge >= 0.3 is 29.6 Å². The van der Waals surface area contributed by atoms with E-state index >= 15 is 0 Å². The van der Waals surface area contributed by atoms with Gasteiger partial charge in [0.15, 0.2) is 0 Å². The van der Waals surface area contributed by atoms with Crippen molar-refractivity contribution in [1.29, 1.82) is 0 Å². The zero-order valence-electron chi connectivity index (χ0n) is 6.51. The van der Waals surface area contributed by atoms with E-state index in [1.807, 2.05) is 0 Å². The first-order valence-corrected chi connectivity index (χ1v) is 2.63. The molecular weight excluding hydrogens is 143 g/mol. The maximum Gasteiger partial charge on any atom is 1.00 e. The molecular formula is C6H9NaO3. The quantitative estimate of drug-likeness (QED) is 0.197. The summed E-state index contributed by atoms with van der Waals surface area (Å²) in [4.78, 5) is 20.6. The average Bonchev–Trinajstić information content (AvgIpc) is 1.63. The number of carbonyl (C=O) groups is 2. The molecule has 0 aliphatic carbocycles. The summed E-state index contributed by atoms with van der Waals surface area (Å²) in [5.41, 5.74) is 0. The molecule has 0 saturated heterocycles. The van der Waals surface area contributed by atoms with Crippen molar-refractivity contribution in [2.75, 3.05) is 0 Å². The number of ketones is 1. The van der Waals surface area contributed by atoms with E-state index in [0.717, 1.165) is 0 Å². The van der Waals surface area contributed by atoms with Crippen LogP contribution in [-0.2, 0) is 14.3 Å². The SMILES string of the molecule is C[CH-]OC(=O)CC(C)=O.[Na+]. The van der Waals surface area contributed by atoms with Crippen LogP contribution in [0.3, 0.4) is 0 Å². The molecule has 0 aliphatic rings. The number of hydrogen-bond donors (Lipinski definition) is 0. The minimum atomic E-state index is -0.495. The molecule has 0 fully saturated rings. The van der Waals surface area contributed by atoms with Crippen molar-refractivity contribution in [3.8, 4) is 0 Å². The van der Waals surface area contributed by atoms with E-state index in [1.165, 1.54) is 13.5 Å². The van der Waals surface area contributed by atoms with E-state index in [0.29, 0.717) is 0 Å². The maximum absolute atomic E-state index is 10.4. The Hall–Kier alpha value is 0.140. The Morgan fingerprint density at radius 1 is 1.50 bits per heavy atom. The number of Topliss-reactive ketones (excluding diaryl/α,β-unsaturated/α-hetero) is 1. The van der Waals surface area contributed by atoms with Crippen molar-refractivity contribution in [1.82, 2.24) is 0 Å². The van der Waals surface area contributed by atoms with Crippen LogP contribution < -0.4 is 29.6 Å². The molecule has 4 heteroatoms. The summed E-state index contributed by atoms with van der Waals surface area (Å²) < 4.78 is 4.37. The van der Waals surface area contributed by atoms with Gasteiger partial charge in [-0.15, -0.1) is 0 Å². The van der Waals surface area contributed by atoms with Crippen LogP contribution in [0.5, 0.6) is 0 Å². The predicted molar refractivity (Wildman–Crippen MR) is 31.4 cm³/mol. The number of esters is 1. The Labute approximate surface area is 82.4 Å². The van der Waals surface area contributed by atoms with Crippen LogP contribution in [-0.4, -0.2) is 11.8 Å². The van der Waals surface area contributed by atoms with Crippen molar-refractivity contribution in [2.24, 2.45) is 0 Å². The average molecular weight is 152 g/mol. The Kier molecular flexibility index (Phi) is 9.27. The standard InChI is InChI=1S/C6H9O3.Na/c1-3-9-6(8)4-5(2)7;/h3H,4H2,1-2H3;/q-1;+1. The molecule has 0 atom stereocenters. The van der Waals surface area contributed by atoms with Gasteiger partial charge in [-0.2, -0.15) is 13.5 Å². The Morgan fingerprint density at radius 3 is 2.30 bits per heavy atom. The molecule has 0 unspecified atom stereocenters. The van der Waals surface area contributed by atoms with Gasteiger partial charge < -0.3 is 4.74 Å². The summed E-state index contributed by atoms with van der Waals surface area (Å²) in [7, 11) is 0. The number of rotatable bonds is 3. The van der Waals surface area contributed by atoms with E-state index < -0.39 is 5.97 Å². The molecule has 0 spiro atoms. The first-order chi connectivity index (χ1) is 4.16. The number of carbonyl (C=O) groups excluding carboxylic acids is 2. The Balaban J connectivity index is 0. The molecule has 3 nitrogen and oxygen atoms in total. The third-order valence-electron chi connectivity index (χ3n) is 0.643. The van der Waals surface area contributed by atoms with Crippen LogP contribution in [0.1, 0.15) is 20.3 Å². The Morgan fingerprint density at radius 2 is 2.00 bits per heavy atom. The number of ether oxygens (including phenoxy) is 1. The van der Waals surface area contributed by atoms with E-state index in [9.17, 15) is 9.59 Å². The van der Waals surface area contributed by atoms with Gasteiger partial charge in [0.1, 0.15) is 12.2 Å². The van der Waals surface area contributed by atoms with Gasteiger partial charge in [0, 0.05) is 0 Å². The van der Waals surface area contributed by atoms with Crippen LogP contribution in [0.4, 0.5) is 0 Å². The van der Waals surface area contributed by atoms with Gasteiger partial charge in [-0.3, -0.25) is 9.59 Å². The summed E-state index contributed by atoms with van der Waals surface area (Å²) >= 11 is 0. The van der Waals surface area contributed by atoms with Crippen molar-refractivity contribution >= 4 is 11.8 Å². The molecule has 0 N–H and O–H groups in total.